The quantitative estimate of drug-likeness (QED) is 0.663. The molecule has 0 bridgehead atoms. The van der Waals surface area contributed by atoms with Crippen LogP contribution in [0.15, 0.2) is 0 Å². The Bertz CT molecular complexity index is 229. The predicted molar refractivity (Wildman–Crippen MR) is 57.6 cm³/mol. The molecule has 0 spiro atoms. The number of hydrogen-bond acceptors (Lipinski definition) is 3. The van der Waals surface area contributed by atoms with Crippen LogP contribution in [-0.4, -0.2) is 48.1 Å². The van der Waals surface area contributed by atoms with Gasteiger partial charge in [-0.15, -0.1) is 0 Å². The van der Waals surface area contributed by atoms with Gasteiger partial charge in [0.15, 0.2) is 0 Å². The lowest BCUT2D eigenvalue weighted by Crippen LogP contribution is -2.47. The van der Waals surface area contributed by atoms with Gasteiger partial charge in [-0.3, -0.25) is 4.79 Å². The van der Waals surface area contributed by atoms with Gasteiger partial charge in [-0.2, -0.15) is 0 Å². The van der Waals surface area contributed by atoms with Gasteiger partial charge in [-0.05, 0) is 13.0 Å². The number of nitrogens with one attached hydrogen (secondary N) is 1. The first-order valence-electron chi connectivity index (χ1n) is 5.01. The van der Waals surface area contributed by atoms with E-state index in [2.05, 4.69) is 19.2 Å². The van der Waals surface area contributed by atoms with Crippen molar-refractivity contribution < 1.29 is 14.7 Å². The Morgan fingerprint density at radius 1 is 1.33 bits per heavy atom. The van der Waals surface area contributed by atoms with Crippen molar-refractivity contribution in [3.8, 4) is 0 Å². The highest BCUT2D eigenvalue weighted by atomic mass is 16.4. The van der Waals surface area contributed by atoms with E-state index in [4.69, 9.17) is 5.11 Å². The molecule has 1 amide bonds. The maximum Gasteiger partial charge on any atom is 0.327 e. The lowest BCUT2D eigenvalue weighted by molar-refractivity contribution is -0.142. The van der Waals surface area contributed by atoms with Crippen LogP contribution in [0.2, 0.25) is 0 Å². The van der Waals surface area contributed by atoms with Gasteiger partial charge in [0, 0.05) is 20.0 Å². The molecular formula is C10H20N2O3. The first kappa shape index (κ1) is 13.9. The van der Waals surface area contributed by atoms with Gasteiger partial charge in [-0.25, -0.2) is 4.79 Å². The van der Waals surface area contributed by atoms with Crippen LogP contribution >= 0.6 is 0 Å². The number of likely N-dealkylation sites (N-methyl/N-ethyl adjacent to an activating group) is 1. The van der Waals surface area contributed by atoms with Gasteiger partial charge < -0.3 is 15.3 Å². The molecule has 88 valence electrons. The van der Waals surface area contributed by atoms with E-state index in [1.807, 2.05) is 11.9 Å². The first-order valence-corrected chi connectivity index (χ1v) is 5.01. The van der Waals surface area contributed by atoms with Crippen molar-refractivity contribution in [3.63, 3.8) is 0 Å². The zero-order valence-electron chi connectivity index (χ0n) is 9.78. The Balaban J connectivity index is 4.16. The second kappa shape index (κ2) is 6.40. The molecule has 0 heterocycles. The highest BCUT2D eigenvalue weighted by Crippen LogP contribution is 1.97. The van der Waals surface area contributed by atoms with Crippen molar-refractivity contribution in [2.45, 2.75) is 26.8 Å². The average Bonchev–Trinajstić information content (AvgIpc) is 1.99. The summed E-state index contributed by atoms with van der Waals surface area (Å²) in [6.45, 7) is 6.57. The molecule has 0 aromatic rings. The summed E-state index contributed by atoms with van der Waals surface area (Å²) in [5.74, 6) is -0.845. The third-order valence-electron chi connectivity index (χ3n) is 1.85. The number of rotatable bonds is 6. The standard InChI is InChI=1S/C10H20N2O3/c1-7(2)5-12(4)6-9(10(14)15)11-8(3)13/h7,9H,5-6H2,1-4H3,(H,11,13)(H,14,15). The molecular weight excluding hydrogens is 196 g/mol. The summed E-state index contributed by atoms with van der Waals surface area (Å²) < 4.78 is 0. The summed E-state index contributed by atoms with van der Waals surface area (Å²) in [6.07, 6.45) is 0. The minimum absolute atomic E-state index is 0.319. The second-order valence-corrected chi connectivity index (χ2v) is 4.21. The predicted octanol–water partition coefficient (Wildman–Crippen LogP) is 0.164. The zero-order chi connectivity index (χ0) is 12.0. The third kappa shape index (κ3) is 6.90. The largest absolute Gasteiger partial charge is 0.480 e. The van der Waals surface area contributed by atoms with Gasteiger partial charge >= 0.3 is 5.97 Å². The molecule has 0 aliphatic heterocycles. The van der Waals surface area contributed by atoms with E-state index >= 15 is 0 Å². The topological polar surface area (TPSA) is 69.6 Å². The van der Waals surface area contributed by atoms with Crippen LogP contribution in [0.1, 0.15) is 20.8 Å². The molecule has 2 N–H and O–H groups in total. The van der Waals surface area contributed by atoms with E-state index in [0.717, 1.165) is 6.54 Å². The summed E-state index contributed by atoms with van der Waals surface area (Å²) in [5.41, 5.74) is 0. The van der Waals surface area contributed by atoms with E-state index < -0.39 is 12.0 Å². The van der Waals surface area contributed by atoms with Gasteiger partial charge in [0.25, 0.3) is 0 Å². The number of aliphatic carboxylic acids is 1. The van der Waals surface area contributed by atoms with Gasteiger partial charge in [0.2, 0.25) is 5.91 Å². The Morgan fingerprint density at radius 2 is 1.87 bits per heavy atom. The molecule has 0 saturated carbocycles. The van der Waals surface area contributed by atoms with Crippen LogP contribution in [-0.2, 0) is 9.59 Å². The van der Waals surface area contributed by atoms with Crippen molar-refractivity contribution >= 4 is 11.9 Å². The van der Waals surface area contributed by atoms with Crippen LogP contribution in [0.25, 0.3) is 0 Å². The van der Waals surface area contributed by atoms with Crippen molar-refractivity contribution in [2.75, 3.05) is 20.1 Å². The van der Waals surface area contributed by atoms with Crippen molar-refractivity contribution in [1.29, 1.82) is 0 Å². The fourth-order valence-electron chi connectivity index (χ4n) is 1.44. The van der Waals surface area contributed by atoms with E-state index in [1.165, 1.54) is 6.92 Å². The molecule has 0 rings (SSSR count). The van der Waals surface area contributed by atoms with Crippen molar-refractivity contribution in [1.82, 2.24) is 10.2 Å². The van der Waals surface area contributed by atoms with Crippen LogP contribution in [0.3, 0.4) is 0 Å². The molecule has 0 aliphatic rings. The van der Waals surface area contributed by atoms with Gasteiger partial charge in [0.05, 0.1) is 0 Å². The van der Waals surface area contributed by atoms with Gasteiger partial charge in [0.1, 0.15) is 6.04 Å². The number of hydrogen-bond donors (Lipinski definition) is 2. The molecule has 1 unspecified atom stereocenters. The molecule has 0 aromatic carbocycles. The number of nitrogens with zero attached hydrogens (tertiary/aromatic N) is 1. The lowest BCUT2D eigenvalue weighted by atomic mass is 10.2. The third-order valence-corrected chi connectivity index (χ3v) is 1.85. The minimum atomic E-state index is -0.999. The van der Waals surface area contributed by atoms with Crippen molar-refractivity contribution in [2.24, 2.45) is 5.92 Å². The molecule has 1 atom stereocenters. The summed E-state index contributed by atoms with van der Waals surface area (Å²) in [4.78, 5) is 23.5. The molecule has 0 radical (unpaired) electrons. The Hall–Kier alpha value is -1.10. The van der Waals surface area contributed by atoms with E-state index in [1.54, 1.807) is 0 Å². The fourth-order valence-corrected chi connectivity index (χ4v) is 1.44. The number of amides is 1. The molecule has 0 fully saturated rings. The molecule has 0 aliphatic carbocycles. The molecule has 5 heteroatoms. The first-order chi connectivity index (χ1) is 6.82. The van der Waals surface area contributed by atoms with Gasteiger partial charge in [-0.1, -0.05) is 13.8 Å². The average molecular weight is 216 g/mol. The monoisotopic (exact) mass is 216 g/mol. The number of carboxylic acids is 1. The molecule has 0 aromatic heterocycles. The van der Waals surface area contributed by atoms with Crippen LogP contribution in [0, 0.1) is 5.92 Å². The maximum absolute atomic E-state index is 10.8. The maximum atomic E-state index is 10.8. The highest BCUT2D eigenvalue weighted by Gasteiger charge is 2.20. The summed E-state index contributed by atoms with van der Waals surface area (Å²) in [7, 11) is 1.84. The minimum Gasteiger partial charge on any atom is -0.480 e. The van der Waals surface area contributed by atoms with Crippen molar-refractivity contribution in [3.05, 3.63) is 0 Å². The smallest absolute Gasteiger partial charge is 0.327 e. The Labute approximate surface area is 90.5 Å². The number of carboxylic acid groups (broad SMARTS) is 1. The molecule has 0 saturated heterocycles. The van der Waals surface area contributed by atoms with Crippen LogP contribution in [0.5, 0.6) is 0 Å². The van der Waals surface area contributed by atoms with E-state index in [0.29, 0.717) is 12.5 Å². The summed E-state index contributed by atoms with van der Waals surface area (Å²) in [5, 5.41) is 11.3. The SMILES string of the molecule is CC(=O)NC(CN(C)CC(C)C)C(=O)O. The highest BCUT2D eigenvalue weighted by molar-refractivity contribution is 5.82. The van der Waals surface area contributed by atoms with E-state index in [9.17, 15) is 9.59 Å². The summed E-state index contributed by atoms with van der Waals surface area (Å²) in [6, 6.07) is -0.828. The lowest BCUT2D eigenvalue weighted by Gasteiger charge is -2.23. The molecule has 15 heavy (non-hydrogen) atoms. The Kier molecular flexibility index (Phi) is 5.93. The van der Waals surface area contributed by atoms with E-state index in [-0.39, 0.29) is 5.91 Å². The van der Waals surface area contributed by atoms with Crippen LogP contribution < -0.4 is 5.32 Å². The second-order valence-electron chi connectivity index (χ2n) is 4.21. The number of carbonyl (C=O) groups is 2. The fraction of sp³-hybridized carbons (Fsp3) is 0.800. The zero-order valence-corrected chi connectivity index (χ0v) is 9.78. The van der Waals surface area contributed by atoms with Crippen LogP contribution in [0.4, 0.5) is 0 Å². The normalized spacial score (nSPS) is 12.9. The Morgan fingerprint density at radius 3 is 2.20 bits per heavy atom. The molecule has 5 nitrogen and oxygen atoms in total. The number of carbonyl (C=O) groups excluding carboxylic acids is 1. The summed E-state index contributed by atoms with van der Waals surface area (Å²) >= 11 is 0.